The number of aromatic carboxylic acids is 1. The minimum Gasteiger partial charge on any atom is -0.478 e. The van der Waals surface area contributed by atoms with Crippen LogP contribution in [0.1, 0.15) is 40.6 Å². The van der Waals surface area contributed by atoms with Crippen molar-refractivity contribution in [1.82, 2.24) is 24.7 Å². The average molecular weight is 443 g/mol. The van der Waals surface area contributed by atoms with Crippen LogP contribution in [-0.2, 0) is 0 Å². The van der Waals surface area contributed by atoms with Crippen molar-refractivity contribution in [1.29, 1.82) is 0 Å². The summed E-state index contributed by atoms with van der Waals surface area (Å²) in [6.45, 7) is 4.05. The molecule has 0 aliphatic rings. The van der Waals surface area contributed by atoms with E-state index in [9.17, 15) is 9.59 Å². The van der Waals surface area contributed by atoms with E-state index in [2.05, 4.69) is 30.8 Å². The van der Waals surface area contributed by atoms with Gasteiger partial charge in [0.05, 0.1) is 5.56 Å². The lowest BCUT2D eigenvalue weighted by molar-refractivity contribution is 0.0696. The molecule has 0 radical (unpaired) electrons. The maximum absolute atomic E-state index is 12.8. The van der Waals surface area contributed by atoms with Gasteiger partial charge in [-0.3, -0.25) is 4.79 Å². The van der Waals surface area contributed by atoms with Crippen LogP contribution >= 0.6 is 0 Å². The molecule has 0 fully saturated rings. The molecule has 3 heterocycles. The van der Waals surface area contributed by atoms with Gasteiger partial charge in [0.15, 0.2) is 5.82 Å². The zero-order valence-corrected chi connectivity index (χ0v) is 17.9. The molecule has 0 unspecified atom stereocenters. The summed E-state index contributed by atoms with van der Waals surface area (Å²) >= 11 is 0. The predicted molar refractivity (Wildman–Crippen MR) is 123 cm³/mol. The largest absolute Gasteiger partial charge is 0.478 e. The second-order valence-electron chi connectivity index (χ2n) is 7.46. The van der Waals surface area contributed by atoms with Crippen molar-refractivity contribution in [2.24, 2.45) is 0 Å². The summed E-state index contributed by atoms with van der Waals surface area (Å²) < 4.78 is 1.90. The molecular formula is C23H21N7O3. The fourth-order valence-electron chi connectivity index (χ4n) is 3.10. The van der Waals surface area contributed by atoms with Crippen molar-refractivity contribution in [2.75, 3.05) is 10.6 Å². The summed E-state index contributed by atoms with van der Waals surface area (Å²) in [5, 5.41) is 22.9. The first-order chi connectivity index (χ1) is 15.9. The first-order valence-corrected chi connectivity index (χ1v) is 10.2. The van der Waals surface area contributed by atoms with Crippen LogP contribution in [0.5, 0.6) is 0 Å². The number of anilines is 3. The summed E-state index contributed by atoms with van der Waals surface area (Å²) in [7, 11) is 0. The lowest BCUT2D eigenvalue weighted by Gasteiger charge is -2.11. The molecule has 1 aromatic carbocycles. The van der Waals surface area contributed by atoms with Gasteiger partial charge in [0, 0.05) is 23.5 Å². The molecule has 3 N–H and O–H groups in total. The number of amides is 1. The lowest BCUT2D eigenvalue weighted by atomic mass is 10.2. The number of carbonyl (C=O) groups is 2. The Hall–Kier alpha value is -4.60. The van der Waals surface area contributed by atoms with E-state index in [0.29, 0.717) is 34.4 Å². The van der Waals surface area contributed by atoms with Crippen molar-refractivity contribution in [3.63, 3.8) is 0 Å². The van der Waals surface area contributed by atoms with E-state index >= 15 is 0 Å². The number of carboxylic acid groups (broad SMARTS) is 1. The van der Waals surface area contributed by atoms with E-state index in [1.54, 1.807) is 48.8 Å². The van der Waals surface area contributed by atoms with Crippen LogP contribution in [-0.4, -0.2) is 41.7 Å². The number of carbonyl (C=O) groups excluding carboxylic acids is 1. The lowest BCUT2D eigenvalue weighted by Crippen LogP contribution is -2.13. The highest BCUT2D eigenvalue weighted by Crippen LogP contribution is 2.21. The molecule has 0 aliphatic carbocycles. The number of nitrogens with one attached hydrogen (secondary N) is 2. The quantitative estimate of drug-likeness (QED) is 0.390. The van der Waals surface area contributed by atoms with Gasteiger partial charge in [-0.05, 0) is 56.3 Å². The molecular weight excluding hydrogens is 422 g/mol. The molecule has 4 aromatic rings. The van der Waals surface area contributed by atoms with Crippen LogP contribution in [0.15, 0.2) is 67.1 Å². The SMILES string of the molecule is CC(C)n1cnnc1-c1cccc(NC(=O)c2cccc(Nc3ccc(C(=O)O)cn3)c2)n1. The van der Waals surface area contributed by atoms with E-state index < -0.39 is 5.97 Å². The van der Waals surface area contributed by atoms with Crippen molar-refractivity contribution < 1.29 is 14.7 Å². The average Bonchev–Trinajstić information content (AvgIpc) is 3.30. The predicted octanol–water partition coefficient (Wildman–Crippen LogP) is 4.01. The minimum absolute atomic E-state index is 0.0926. The molecule has 0 bridgehead atoms. The molecule has 0 saturated heterocycles. The zero-order valence-electron chi connectivity index (χ0n) is 17.9. The van der Waals surface area contributed by atoms with Gasteiger partial charge >= 0.3 is 5.97 Å². The van der Waals surface area contributed by atoms with Gasteiger partial charge in [-0.2, -0.15) is 0 Å². The smallest absolute Gasteiger partial charge is 0.337 e. The highest BCUT2D eigenvalue weighted by molar-refractivity contribution is 6.04. The van der Waals surface area contributed by atoms with Crippen molar-refractivity contribution >= 4 is 29.2 Å². The molecule has 10 heteroatoms. The Morgan fingerprint density at radius 1 is 1.00 bits per heavy atom. The number of carboxylic acids is 1. The third kappa shape index (κ3) is 5.01. The first kappa shape index (κ1) is 21.6. The molecule has 0 spiro atoms. The zero-order chi connectivity index (χ0) is 23.4. The molecule has 0 aliphatic heterocycles. The molecule has 166 valence electrons. The molecule has 1 amide bonds. The second kappa shape index (κ2) is 9.27. The molecule has 3 aromatic heterocycles. The third-order valence-electron chi connectivity index (χ3n) is 4.76. The van der Waals surface area contributed by atoms with Crippen LogP contribution in [0.4, 0.5) is 17.3 Å². The Morgan fingerprint density at radius 2 is 1.82 bits per heavy atom. The fourth-order valence-corrected chi connectivity index (χ4v) is 3.10. The van der Waals surface area contributed by atoms with Crippen LogP contribution in [0.3, 0.4) is 0 Å². The van der Waals surface area contributed by atoms with Crippen molar-refractivity contribution in [3.05, 3.63) is 78.2 Å². The monoisotopic (exact) mass is 443 g/mol. The standard InChI is InChI=1S/C23H21N7O3/c1-14(2)30-13-25-29-21(30)18-7-4-8-20(27-18)28-22(31)15-5-3-6-17(11-15)26-19-10-9-16(12-24-19)23(32)33/h3-14H,1-2H3,(H,24,26)(H,32,33)(H,27,28,31). The Bertz CT molecular complexity index is 1300. The number of pyridine rings is 2. The molecule has 0 atom stereocenters. The normalized spacial score (nSPS) is 10.8. The third-order valence-corrected chi connectivity index (χ3v) is 4.76. The number of hydrogen-bond donors (Lipinski definition) is 3. The van der Waals surface area contributed by atoms with E-state index in [0.717, 1.165) is 0 Å². The van der Waals surface area contributed by atoms with E-state index in [4.69, 9.17) is 5.11 Å². The second-order valence-corrected chi connectivity index (χ2v) is 7.46. The summed E-state index contributed by atoms with van der Waals surface area (Å²) in [6, 6.07) is 15.3. The van der Waals surface area contributed by atoms with E-state index in [1.807, 2.05) is 24.5 Å². The first-order valence-electron chi connectivity index (χ1n) is 10.2. The summed E-state index contributed by atoms with van der Waals surface area (Å²) in [5.74, 6) is 0.0904. The summed E-state index contributed by atoms with van der Waals surface area (Å²) in [5.41, 5.74) is 1.74. The van der Waals surface area contributed by atoms with Gasteiger partial charge in [-0.25, -0.2) is 14.8 Å². The van der Waals surface area contributed by atoms with Gasteiger partial charge in [0.1, 0.15) is 23.7 Å². The highest BCUT2D eigenvalue weighted by atomic mass is 16.4. The van der Waals surface area contributed by atoms with Gasteiger partial charge in [0.2, 0.25) is 0 Å². The number of nitrogens with zero attached hydrogens (tertiary/aromatic N) is 5. The Balaban J connectivity index is 1.49. The molecule has 0 saturated carbocycles. The Morgan fingerprint density at radius 3 is 2.55 bits per heavy atom. The number of hydrogen-bond acceptors (Lipinski definition) is 7. The van der Waals surface area contributed by atoms with Crippen molar-refractivity contribution in [2.45, 2.75) is 19.9 Å². The maximum Gasteiger partial charge on any atom is 0.337 e. The number of rotatable bonds is 7. The van der Waals surface area contributed by atoms with Crippen molar-refractivity contribution in [3.8, 4) is 11.5 Å². The van der Waals surface area contributed by atoms with Crippen LogP contribution in [0, 0.1) is 0 Å². The topological polar surface area (TPSA) is 135 Å². The summed E-state index contributed by atoms with van der Waals surface area (Å²) in [6.07, 6.45) is 2.91. The van der Waals surface area contributed by atoms with Crippen LogP contribution in [0.2, 0.25) is 0 Å². The maximum atomic E-state index is 12.8. The van der Waals surface area contributed by atoms with E-state index in [1.165, 1.54) is 12.3 Å². The van der Waals surface area contributed by atoms with Crippen LogP contribution < -0.4 is 10.6 Å². The van der Waals surface area contributed by atoms with Gasteiger partial charge < -0.3 is 20.3 Å². The van der Waals surface area contributed by atoms with Crippen LogP contribution in [0.25, 0.3) is 11.5 Å². The Labute approximate surface area is 189 Å². The molecule has 33 heavy (non-hydrogen) atoms. The Kier molecular flexibility index (Phi) is 6.07. The number of benzene rings is 1. The van der Waals surface area contributed by atoms with Gasteiger partial charge in [0.25, 0.3) is 5.91 Å². The van der Waals surface area contributed by atoms with E-state index in [-0.39, 0.29) is 17.5 Å². The fraction of sp³-hybridized carbons (Fsp3) is 0.130. The minimum atomic E-state index is -1.05. The van der Waals surface area contributed by atoms with Gasteiger partial charge in [-0.1, -0.05) is 12.1 Å². The molecule has 10 nitrogen and oxygen atoms in total. The number of aromatic nitrogens is 5. The highest BCUT2D eigenvalue weighted by Gasteiger charge is 2.13. The van der Waals surface area contributed by atoms with Gasteiger partial charge in [-0.15, -0.1) is 10.2 Å². The summed E-state index contributed by atoms with van der Waals surface area (Å²) in [4.78, 5) is 32.4. The molecule has 4 rings (SSSR count).